The number of hydrogen-bond donors (Lipinski definition) is 1. The van der Waals surface area contributed by atoms with Crippen LogP contribution in [0.1, 0.15) is 36.0 Å². The Kier molecular flexibility index (Phi) is 5.30. The third kappa shape index (κ3) is 4.59. The highest BCUT2D eigenvalue weighted by atomic mass is 32.2. The van der Waals surface area contributed by atoms with Gasteiger partial charge in [-0.3, -0.25) is 0 Å². The summed E-state index contributed by atoms with van der Waals surface area (Å²) in [6, 6.07) is 7.06. The summed E-state index contributed by atoms with van der Waals surface area (Å²) in [7, 11) is -3.42. The Bertz CT molecular complexity index is 996. The Morgan fingerprint density at radius 1 is 1.31 bits per heavy atom. The van der Waals surface area contributed by atoms with Crippen molar-refractivity contribution < 1.29 is 17.7 Å². The summed E-state index contributed by atoms with van der Waals surface area (Å²) in [4.78, 5) is 18.4. The van der Waals surface area contributed by atoms with Crippen LogP contribution < -0.4 is 5.32 Å². The van der Waals surface area contributed by atoms with Gasteiger partial charge in [0.05, 0.1) is 12.3 Å². The molecule has 10 heteroatoms. The van der Waals surface area contributed by atoms with Crippen LogP contribution in [0, 0.1) is 6.92 Å². The lowest BCUT2D eigenvalue weighted by atomic mass is 10.1. The van der Waals surface area contributed by atoms with Gasteiger partial charge in [-0.1, -0.05) is 23.4 Å². The first-order valence-corrected chi connectivity index (χ1v) is 11.6. The van der Waals surface area contributed by atoms with E-state index in [1.165, 1.54) is 10.6 Å². The molecule has 1 aromatic heterocycles. The highest BCUT2D eigenvalue weighted by molar-refractivity contribution is 7.88. The number of hydrogen-bond acceptors (Lipinski definition) is 6. The summed E-state index contributed by atoms with van der Waals surface area (Å²) >= 11 is 0. The number of aromatic nitrogens is 2. The van der Waals surface area contributed by atoms with Gasteiger partial charge < -0.3 is 14.7 Å². The van der Waals surface area contributed by atoms with Crippen molar-refractivity contribution in [2.24, 2.45) is 0 Å². The van der Waals surface area contributed by atoms with E-state index < -0.39 is 10.0 Å². The number of carbonyl (C=O) groups excluding carboxylic acids is 1. The van der Waals surface area contributed by atoms with Crippen LogP contribution in [0.15, 0.2) is 28.8 Å². The Labute approximate surface area is 170 Å². The number of nitrogens with one attached hydrogen (secondary N) is 1. The van der Waals surface area contributed by atoms with Crippen LogP contribution in [-0.2, 0) is 16.4 Å². The minimum atomic E-state index is -3.42. The number of sulfonamides is 1. The van der Waals surface area contributed by atoms with Crippen molar-refractivity contribution >= 4 is 21.7 Å². The number of anilines is 1. The molecule has 2 aliphatic rings. The number of carbonyl (C=O) groups is 1. The second kappa shape index (κ2) is 7.75. The fraction of sp³-hybridized carbons (Fsp3) is 0.526. The van der Waals surface area contributed by atoms with Gasteiger partial charge in [0.1, 0.15) is 0 Å². The Balaban J connectivity index is 1.32. The Hall–Kier alpha value is -2.46. The van der Waals surface area contributed by atoms with Crippen molar-refractivity contribution in [3.8, 4) is 0 Å². The van der Waals surface area contributed by atoms with Gasteiger partial charge in [0.15, 0.2) is 5.82 Å². The molecule has 1 saturated heterocycles. The molecule has 2 aromatic rings. The lowest BCUT2D eigenvalue weighted by molar-refractivity contribution is 0.109. The largest absolute Gasteiger partial charge is 0.339 e. The zero-order valence-electron chi connectivity index (χ0n) is 16.5. The van der Waals surface area contributed by atoms with Gasteiger partial charge in [0.2, 0.25) is 15.9 Å². The van der Waals surface area contributed by atoms with Crippen molar-refractivity contribution in [3.05, 3.63) is 41.5 Å². The number of likely N-dealkylation sites (tertiary alicyclic amines) is 1. The average Bonchev–Trinajstić information content (AvgIpc) is 3.36. The molecular formula is C19H25N5O4S. The zero-order valence-corrected chi connectivity index (χ0v) is 17.4. The standard InChI is InChI=1S/C19H25N5O4S/c1-13-5-3-4-6-16(13)20-19(25)23-11-15(12-23)24(29(2,26)27)10-9-17-21-18(28-22-17)14-7-8-14/h3-6,14-15H,7-12H2,1-2H3,(H,20,25). The van der Waals surface area contributed by atoms with Crippen LogP contribution in [0.25, 0.3) is 0 Å². The average molecular weight is 420 g/mol. The van der Waals surface area contributed by atoms with Crippen LogP contribution in [-0.4, -0.2) is 65.7 Å². The Morgan fingerprint density at radius 2 is 2.03 bits per heavy atom. The van der Waals surface area contributed by atoms with Gasteiger partial charge in [-0.2, -0.15) is 9.29 Å². The molecule has 156 valence electrons. The predicted octanol–water partition coefficient (Wildman–Crippen LogP) is 1.98. The summed E-state index contributed by atoms with van der Waals surface area (Å²) in [5, 5.41) is 6.82. The minimum absolute atomic E-state index is 0.226. The lowest BCUT2D eigenvalue weighted by Gasteiger charge is -2.44. The van der Waals surface area contributed by atoms with E-state index in [0.29, 0.717) is 37.1 Å². The van der Waals surface area contributed by atoms with Crippen LogP contribution in [0.2, 0.25) is 0 Å². The summed E-state index contributed by atoms with van der Waals surface area (Å²) in [6.45, 7) is 2.89. The van der Waals surface area contributed by atoms with Crippen LogP contribution in [0.3, 0.4) is 0 Å². The molecular weight excluding hydrogens is 394 g/mol. The molecule has 9 nitrogen and oxygen atoms in total. The third-order valence-corrected chi connectivity index (χ3v) is 6.67. The summed E-state index contributed by atoms with van der Waals surface area (Å²) in [5.74, 6) is 1.54. The van der Waals surface area contributed by atoms with Gasteiger partial charge in [-0.05, 0) is 31.4 Å². The van der Waals surface area contributed by atoms with Gasteiger partial charge in [-0.15, -0.1) is 0 Å². The van der Waals surface area contributed by atoms with Gasteiger partial charge in [0.25, 0.3) is 0 Å². The second-order valence-electron chi connectivity index (χ2n) is 7.75. The number of urea groups is 1. The summed E-state index contributed by atoms with van der Waals surface area (Å²) in [5.41, 5.74) is 1.73. The fourth-order valence-corrected chi connectivity index (χ4v) is 4.50. The molecule has 1 aliphatic carbocycles. The topological polar surface area (TPSA) is 109 Å². The Morgan fingerprint density at radius 3 is 2.69 bits per heavy atom. The first-order valence-electron chi connectivity index (χ1n) is 9.72. The first kappa shape index (κ1) is 19.8. The molecule has 2 heterocycles. The summed E-state index contributed by atoms with van der Waals surface area (Å²) < 4.78 is 31.2. The van der Waals surface area contributed by atoms with Gasteiger partial charge in [-0.25, -0.2) is 13.2 Å². The second-order valence-corrected chi connectivity index (χ2v) is 9.69. The van der Waals surface area contributed by atoms with E-state index >= 15 is 0 Å². The van der Waals surface area contributed by atoms with Crippen LogP contribution in [0.4, 0.5) is 10.5 Å². The molecule has 0 radical (unpaired) electrons. The molecule has 1 saturated carbocycles. The van der Waals surface area contributed by atoms with E-state index in [2.05, 4.69) is 15.5 Å². The molecule has 1 aliphatic heterocycles. The number of amides is 2. The maximum Gasteiger partial charge on any atom is 0.321 e. The quantitative estimate of drug-likeness (QED) is 0.735. The molecule has 2 amide bonds. The van der Waals surface area contributed by atoms with Crippen molar-refractivity contribution in [1.82, 2.24) is 19.3 Å². The number of benzene rings is 1. The smallest absolute Gasteiger partial charge is 0.321 e. The first-order chi connectivity index (χ1) is 13.8. The van der Waals surface area contributed by atoms with Crippen molar-refractivity contribution in [2.45, 2.75) is 38.1 Å². The summed E-state index contributed by atoms with van der Waals surface area (Å²) in [6.07, 6.45) is 3.71. The number of rotatable bonds is 7. The molecule has 2 fully saturated rings. The molecule has 0 spiro atoms. The predicted molar refractivity (Wildman–Crippen MR) is 107 cm³/mol. The van der Waals surface area contributed by atoms with Crippen LogP contribution >= 0.6 is 0 Å². The molecule has 0 bridgehead atoms. The van der Waals surface area contributed by atoms with Crippen molar-refractivity contribution in [3.63, 3.8) is 0 Å². The van der Waals surface area contributed by atoms with E-state index in [9.17, 15) is 13.2 Å². The molecule has 1 aromatic carbocycles. The van der Waals surface area contributed by atoms with Gasteiger partial charge in [0, 0.05) is 37.7 Å². The fourth-order valence-electron chi connectivity index (χ4n) is 3.41. The normalized spacial score (nSPS) is 17.4. The van der Waals surface area contributed by atoms with Crippen LogP contribution in [0.5, 0.6) is 0 Å². The maximum absolute atomic E-state index is 12.4. The third-order valence-electron chi connectivity index (χ3n) is 5.34. The highest BCUT2D eigenvalue weighted by Crippen LogP contribution is 2.38. The molecule has 0 unspecified atom stereocenters. The molecule has 0 atom stereocenters. The zero-order chi connectivity index (χ0) is 20.6. The maximum atomic E-state index is 12.4. The SMILES string of the molecule is Cc1ccccc1NC(=O)N1CC(N(CCc2noc(C3CC3)n2)S(C)(=O)=O)C1. The van der Waals surface area contributed by atoms with Crippen molar-refractivity contribution in [2.75, 3.05) is 31.2 Å². The highest BCUT2D eigenvalue weighted by Gasteiger charge is 2.39. The van der Waals surface area contributed by atoms with Crippen molar-refractivity contribution in [1.29, 1.82) is 0 Å². The lowest BCUT2D eigenvalue weighted by Crippen LogP contribution is -2.63. The van der Waals surface area contributed by atoms with E-state index in [-0.39, 0.29) is 18.6 Å². The number of aryl methyl sites for hydroxylation is 1. The number of nitrogens with zero attached hydrogens (tertiary/aromatic N) is 4. The van der Waals surface area contributed by atoms with Gasteiger partial charge >= 0.3 is 6.03 Å². The van der Waals surface area contributed by atoms with E-state index in [4.69, 9.17) is 4.52 Å². The molecule has 1 N–H and O–H groups in total. The molecule has 4 rings (SSSR count). The minimum Gasteiger partial charge on any atom is -0.339 e. The van der Waals surface area contributed by atoms with E-state index in [1.807, 2.05) is 31.2 Å². The van der Waals surface area contributed by atoms with E-state index in [1.54, 1.807) is 4.90 Å². The number of para-hydroxylation sites is 1. The molecule has 29 heavy (non-hydrogen) atoms. The van der Waals surface area contributed by atoms with E-state index in [0.717, 1.165) is 24.1 Å². The monoisotopic (exact) mass is 419 g/mol.